The Balaban J connectivity index is 2.42. The minimum absolute atomic E-state index is 0.228. The molecule has 1 saturated carbocycles. The van der Waals surface area contributed by atoms with Crippen molar-refractivity contribution in [2.24, 2.45) is 11.3 Å². The maximum atomic E-state index is 12.4. The van der Waals surface area contributed by atoms with Crippen molar-refractivity contribution in [3.05, 3.63) is 48.6 Å². The maximum Gasteiger partial charge on any atom is 0.324 e. The third-order valence-electron chi connectivity index (χ3n) is 3.91. The Bertz CT molecular complexity index is 517. The Morgan fingerprint density at radius 1 is 1.14 bits per heavy atom. The summed E-state index contributed by atoms with van der Waals surface area (Å²) in [6, 6.07) is 9.47. The van der Waals surface area contributed by atoms with Gasteiger partial charge in [-0.15, -0.1) is 6.58 Å². The van der Waals surface area contributed by atoms with Crippen LogP contribution in [-0.2, 0) is 19.1 Å². The van der Waals surface area contributed by atoms with Gasteiger partial charge < -0.3 is 9.47 Å². The van der Waals surface area contributed by atoms with Crippen LogP contribution in [0.1, 0.15) is 25.3 Å². The van der Waals surface area contributed by atoms with Gasteiger partial charge in [0.1, 0.15) is 0 Å². The molecule has 0 amide bonds. The average molecular weight is 288 g/mol. The average Bonchev–Trinajstić information content (AvgIpc) is 3.19. The number of rotatable bonds is 6. The molecule has 112 valence electrons. The molecule has 2 rings (SSSR count). The zero-order valence-corrected chi connectivity index (χ0v) is 12.4. The summed E-state index contributed by atoms with van der Waals surface area (Å²) in [5.74, 6) is -1.61. The van der Waals surface area contributed by atoms with Gasteiger partial charge in [0.05, 0.1) is 13.2 Å². The van der Waals surface area contributed by atoms with Crippen molar-refractivity contribution in [2.75, 3.05) is 13.2 Å². The minimum atomic E-state index is -1.28. The number of hydrogen-bond acceptors (Lipinski definition) is 4. The van der Waals surface area contributed by atoms with Crippen LogP contribution >= 0.6 is 0 Å². The van der Waals surface area contributed by atoms with E-state index in [9.17, 15) is 9.59 Å². The van der Waals surface area contributed by atoms with Crippen molar-refractivity contribution >= 4 is 11.9 Å². The van der Waals surface area contributed by atoms with E-state index in [-0.39, 0.29) is 25.0 Å². The second-order valence-corrected chi connectivity index (χ2v) is 4.96. The number of benzene rings is 1. The normalized spacial score (nSPS) is 22.2. The second kappa shape index (κ2) is 6.12. The van der Waals surface area contributed by atoms with E-state index in [1.165, 1.54) is 0 Å². The molecule has 0 N–H and O–H groups in total. The van der Waals surface area contributed by atoms with Crippen molar-refractivity contribution in [2.45, 2.75) is 19.8 Å². The third kappa shape index (κ3) is 2.35. The summed E-state index contributed by atoms with van der Waals surface area (Å²) in [5, 5.41) is 0. The highest BCUT2D eigenvalue weighted by molar-refractivity contribution is 6.06. The fourth-order valence-electron chi connectivity index (χ4n) is 2.98. The quantitative estimate of drug-likeness (QED) is 0.459. The van der Waals surface area contributed by atoms with Crippen molar-refractivity contribution in [3.63, 3.8) is 0 Å². The minimum Gasteiger partial charge on any atom is -0.465 e. The zero-order valence-electron chi connectivity index (χ0n) is 12.4. The first-order valence-electron chi connectivity index (χ1n) is 7.16. The highest BCUT2D eigenvalue weighted by Gasteiger charge is 2.75. The number of ether oxygens (including phenoxy) is 2. The van der Waals surface area contributed by atoms with Crippen LogP contribution < -0.4 is 0 Å². The number of hydrogen-bond donors (Lipinski definition) is 0. The van der Waals surface area contributed by atoms with Gasteiger partial charge in [0, 0.05) is 11.8 Å². The van der Waals surface area contributed by atoms with Crippen molar-refractivity contribution in [3.8, 4) is 0 Å². The zero-order chi connectivity index (χ0) is 15.5. The molecule has 0 heterocycles. The van der Waals surface area contributed by atoms with Gasteiger partial charge >= 0.3 is 11.9 Å². The van der Waals surface area contributed by atoms with Crippen LogP contribution in [0.15, 0.2) is 43.0 Å². The van der Waals surface area contributed by atoms with Crippen LogP contribution in [0.3, 0.4) is 0 Å². The summed E-state index contributed by atoms with van der Waals surface area (Å²) in [5.41, 5.74) is -0.363. The summed E-state index contributed by atoms with van der Waals surface area (Å²) in [7, 11) is 0. The number of carbonyl (C=O) groups is 2. The van der Waals surface area contributed by atoms with Gasteiger partial charge in [-0.1, -0.05) is 36.4 Å². The van der Waals surface area contributed by atoms with Gasteiger partial charge in [0.15, 0.2) is 5.41 Å². The largest absolute Gasteiger partial charge is 0.465 e. The molecule has 1 aliphatic rings. The van der Waals surface area contributed by atoms with Crippen LogP contribution in [-0.4, -0.2) is 25.2 Å². The van der Waals surface area contributed by atoms with Crippen LogP contribution in [0, 0.1) is 11.3 Å². The summed E-state index contributed by atoms with van der Waals surface area (Å²) < 4.78 is 10.3. The van der Waals surface area contributed by atoms with Gasteiger partial charge in [-0.05, 0) is 19.4 Å². The number of allylic oxidation sites excluding steroid dienone is 1. The van der Waals surface area contributed by atoms with E-state index < -0.39 is 17.4 Å². The number of carbonyl (C=O) groups excluding carboxylic acids is 2. The van der Waals surface area contributed by atoms with Gasteiger partial charge in [0.2, 0.25) is 0 Å². The lowest BCUT2D eigenvalue weighted by molar-refractivity contribution is -0.165. The molecule has 0 radical (unpaired) electrons. The third-order valence-corrected chi connectivity index (χ3v) is 3.91. The maximum absolute atomic E-state index is 12.4. The standard InChI is InChI=1S/C17H20O4/c1-4-13-14(12-10-8-7-9-11-12)17(13,15(18)20-5-2)16(19)21-6-3/h4,7-11,13-14H,1,5-6H2,2-3H3/t13-,14-/m0/s1. The predicted octanol–water partition coefficient (Wildman–Crippen LogP) is 2.70. The van der Waals surface area contributed by atoms with E-state index in [0.29, 0.717) is 0 Å². The second-order valence-electron chi connectivity index (χ2n) is 4.96. The lowest BCUT2D eigenvalue weighted by Crippen LogP contribution is -2.33. The molecule has 0 unspecified atom stereocenters. The highest BCUT2D eigenvalue weighted by Crippen LogP contribution is 2.66. The molecule has 4 nitrogen and oxygen atoms in total. The molecule has 0 spiro atoms. The van der Waals surface area contributed by atoms with Crippen LogP contribution in [0.2, 0.25) is 0 Å². The smallest absolute Gasteiger partial charge is 0.324 e. The molecule has 1 fully saturated rings. The first-order chi connectivity index (χ1) is 10.1. The molecule has 4 heteroatoms. The SMILES string of the molecule is C=C[C@H]1[C@H](c2ccccc2)C1(C(=O)OCC)C(=O)OCC. The van der Waals surface area contributed by atoms with Crippen LogP contribution in [0.25, 0.3) is 0 Å². The Morgan fingerprint density at radius 2 is 1.67 bits per heavy atom. The summed E-state index contributed by atoms with van der Waals surface area (Å²) in [6.45, 7) is 7.66. The number of esters is 2. The van der Waals surface area contributed by atoms with Crippen LogP contribution in [0.4, 0.5) is 0 Å². The molecule has 0 bridgehead atoms. The first-order valence-corrected chi connectivity index (χ1v) is 7.16. The molecule has 2 atom stereocenters. The summed E-state index contributed by atoms with van der Waals surface area (Å²) in [4.78, 5) is 24.9. The Morgan fingerprint density at radius 3 is 2.10 bits per heavy atom. The van der Waals surface area contributed by atoms with Gasteiger partial charge in [-0.3, -0.25) is 9.59 Å². The molecule has 0 saturated heterocycles. The van der Waals surface area contributed by atoms with E-state index in [1.54, 1.807) is 19.9 Å². The van der Waals surface area contributed by atoms with E-state index >= 15 is 0 Å². The van der Waals surface area contributed by atoms with E-state index in [4.69, 9.17) is 9.47 Å². The molecule has 1 aliphatic carbocycles. The molecule has 21 heavy (non-hydrogen) atoms. The van der Waals surface area contributed by atoms with Gasteiger partial charge in [-0.2, -0.15) is 0 Å². The van der Waals surface area contributed by atoms with Gasteiger partial charge in [0.25, 0.3) is 0 Å². The summed E-state index contributed by atoms with van der Waals surface area (Å²) >= 11 is 0. The highest BCUT2D eigenvalue weighted by atomic mass is 16.6. The van der Waals surface area contributed by atoms with Crippen molar-refractivity contribution < 1.29 is 19.1 Å². The molecule has 1 aromatic carbocycles. The van der Waals surface area contributed by atoms with Gasteiger partial charge in [-0.25, -0.2) is 0 Å². The molecule has 0 aromatic heterocycles. The fourth-order valence-corrected chi connectivity index (χ4v) is 2.98. The van der Waals surface area contributed by atoms with E-state index in [1.807, 2.05) is 30.3 Å². The monoisotopic (exact) mass is 288 g/mol. The van der Waals surface area contributed by atoms with Crippen molar-refractivity contribution in [1.82, 2.24) is 0 Å². The van der Waals surface area contributed by atoms with E-state index in [0.717, 1.165) is 5.56 Å². The fraction of sp³-hybridized carbons (Fsp3) is 0.412. The topological polar surface area (TPSA) is 52.6 Å². The van der Waals surface area contributed by atoms with E-state index in [2.05, 4.69) is 6.58 Å². The Labute approximate surface area is 124 Å². The molecular formula is C17H20O4. The Kier molecular flexibility index (Phi) is 4.46. The lowest BCUT2D eigenvalue weighted by Gasteiger charge is -2.15. The Hall–Kier alpha value is -2.10. The first kappa shape index (κ1) is 15.3. The molecule has 1 aromatic rings. The molecule has 0 aliphatic heterocycles. The molecular weight excluding hydrogens is 268 g/mol. The van der Waals surface area contributed by atoms with Crippen molar-refractivity contribution in [1.29, 1.82) is 0 Å². The predicted molar refractivity (Wildman–Crippen MR) is 78.6 cm³/mol. The summed E-state index contributed by atoms with van der Waals surface area (Å²) in [6.07, 6.45) is 1.64. The van der Waals surface area contributed by atoms with Crippen LogP contribution in [0.5, 0.6) is 0 Å². The lowest BCUT2D eigenvalue weighted by atomic mass is 9.98.